The minimum absolute atomic E-state index is 0.261. The van der Waals surface area contributed by atoms with Gasteiger partial charge in [-0.05, 0) is 25.2 Å². The number of alkyl halides is 3. The van der Waals surface area contributed by atoms with Gasteiger partial charge in [0.05, 0.1) is 6.61 Å². The summed E-state index contributed by atoms with van der Waals surface area (Å²) in [5.74, 6) is 0.620. The third kappa shape index (κ3) is 5.42. The van der Waals surface area contributed by atoms with Crippen LogP contribution in [0.5, 0.6) is 0 Å². The zero-order valence-corrected chi connectivity index (χ0v) is 12.8. The number of piperazine rings is 1. The Hall–Kier alpha value is -0.330. The maximum absolute atomic E-state index is 12.2. The first-order chi connectivity index (χ1) is 9.99. The van der Waals surface area contributed by atoms with Gasteiger partial charge in [-0.25, -0.2) is 0 Å². The normalized spacial score (nSPS) is 29.7. The summed E-state index contributed by atoms with van der Waals surface area (Å²) in [5, 5.41) is 3.55. The van der Waals surface area contributed by atoms with E-state index in [1.54, 1.807) is 0 Å². The predicted octanol–water partition coefficient (Wildman–Crippen LogP) is 3.16. The standard InChI is InChI=1S/C15H27F3N2O/c1-2-13-11-20(8-9-21-15(16,17)18)14(10-19-13)12-6-4-3-5-7-12/h12-14,19H,2-11H2,1H3. The van der Waals surface area contributed by atoms with Crippen LogP contribution in [0.3, 0.4) is 0 Å². The van der Waals surface area contributed by atoms with E-state index in [4.69, 9.17) is 0 Å². The lowest BCUT2D eigenvalue weighted by Gasteiger charge is -2.45. The van der Waals surface area contributed by atoms with E-state index in [1.165, 1.54) is 32.1 Å². The van der Waals surface area contributed by atoms with E-state index in [2.05, 4.69) is 21.9 Å². The predicted molar refractivity (Wildman–Crippen MR) is 76.0 cm³/mol. The molecule has 1 N–H and O–H groups in total. The molecule has 0 amide bonds. The zero-order chi connectivity index (χ0) is 15.3. The lowest BCUT2D eigenvalue weighted by molar-refractivity contribution is -0.325. The highest BCUT2D eigenvalue weighted by molar-refractivity contribution is 4.90. The average molecular weight is 308 g/mol. The van der Waals surface area contributed by atoms with Crippen LogP contribution in [-0.4, -0.2) is 49.6 Å². The van der Waals surface area contributed by atoms with E-state index < -0.39 is 6.36 Å². The number of rotatable bonds is 5. The molecule has 0 spiro atoms. The molecule has 1 saturated carbocycles. The summed E-state index contributed by atoms with van der Waals surface area (Å²) in [6.45, 7) is 3.96. The fraction of sp³-hybridized carbons (Fsp3) is 1.00. The van der Waals surface area contributed by atoms with Crippen LogP contribution in [0, 0.1) is 5.92 Å². The second kappa shape index (κ2) is 7.79. The maximum atomic E-state index is 12.2. The topological polar surface area (TPSA) is 24.5 Å². The van der Waals surface area contributed by atoms with Gasteiger partial charge in [0.1, 0.15) is 0 Å². The van der Waals surface area contributed by atoms with Crippen molar-refractivity contribution in [3.8, 4) is 0 Å². The third-order valence-corrected chi connectivity index (χ3v) is 4.87. The molecule has 1 saturated heterocycles. The van der Waals surface area contributed by atoms with Crippen molar-refractivity contribution in [3.63, 3.8) is 0 Å². The Kier molecular flexibility index (Phi) is 6.32. The molecule has 2 atom stereocenters. The van der Waals surface area contributed by atoms with Crippen molar-refractivity contribution in [1.29, 1.82) is 0 Å². The minimum atomic E-state index is -4.52. The smallest absolute Gasteiger partial charge is 0.311 e. The van der Waals surface area contributed by atoms with E-state index in [0.29, 0.717) is 24.5 Å². The molecule has 0 aromatic carbocycles. The highest BCUT2D eigenvalue weighted by atomic mass is 19.4. The number of nitrogens with zero attached hydrogens (tertiary/aromatic N) is 1. The Morgan fingerprint density at radius 2 is 1.90 bits per heavy atom. The second-order valence-corrected chi connectivity index (χ2v) is 6.27. The summed E-state index contributed by atoms with van der Waals surface area (Å²) in [5.41, 5.74) is 0. The third-order valence-electron chi connectivity index (χ3n) is 4.87. The van der Waals surface area contributed by atoms with Gasteiger partial charge < -0.3 is 5.32 Å². The molecule has 2 aliphatic rings. The fourth-order valence-corrected chi connectivity index (χ4v) is 3.69. The van der Waals surface area contributed by atoms with Crippen LogP contribution in [0.25, 0.3) is 0 Å². The first-order valence-corrected chi connectivity index (χ1v) is 8.17. The zero-order valence-electron chi connectivity index (χ0n) is 12.8. The Morgan fingerprint density at radius 1 is 1.19 bits per heavy atom. The number of ether oxygens (including phenoxy) is 1. The van der Waals surface area contributed by atoms with Crippen LogP contribution in [0.4, 0.5) is 13.2 Å². The molecule has 2 unspecified atom stereocenters. The molecule has 1 aliphatic carbocycles. The largest absolute Gasteiger partial charge is 0.522 e. The molecule has 0 aromatic rings. The van der Waals surface area contributed by atoms with E-state index in [1.807, 2.05) is 0 Å². The number of halogens is 3. The van der Waals surface area contributed by atoms with Gasteiger partial charge in [-0.2, -0.15) is 0 Å². The molecular weight excluding hydrogens is 281 g/mol. The van der Waals surface area contributed by atoms with E-state index in [0.717, 1.165) is 19.5 Å². The molecule has 0 aromatic heterocycles. The van der Waals surface area contributed by atoms with Gasteiger partial charge in [-0.3, -0.25) is 9.64 Å². The first-order valence-electron chi connectivity index (χ1n) is 8.17. The molecule has 2 fully saturated rings. The van der Waals surface area contributed by atoms with Gasteiger partial charge in [-0.1, -0.05) is 26.2 Å². The van der Waals surface area contributed by atoms with E-state index in [9.17, 15) is 13.2 Å². The number of hydrogen-bond donors (Lipinski definition) is 1. The van der Waals surface area contributed by atoms with Crippen molar-refractivity contribution in [2.45, 2.75) is 63.9 Å². The van der Waals surface area contributed by atoms with Crippen molar-refractivity contribution < 1.29 is 17.9 Å². The van der Waals surface area contributed by atoms with Crippen molar-refractivity contribution in [1.82, 2.24) is 10.2 Å². The lowest BCUT2D eigenvalue weighted by Crippen LogP contribution is -2.59. The van der Waals surface area contributed by atoms with Crippen LogP contribution < -0.4 is 5.32 Å². The summed E-state index contributed by atoms with van der Waals surface area (Å²) in [7, 11) is 0. The van der Waals surface area contributed by atoms with Crippen LogP contribution in [0.2, 0.25) is 0 Å². The molecule has 6 heteroatoms. The highest BCUT2D eigenvalue weighted by Gasteiger charge is 2.34. The Bertz CT molecular complexity index is 306. The molecule has 3 nitrogen and oxygen atoms in total. The minimum Gasteiger partial charge on any atom is -0.311 e. The highest BCUT2D eigenvalue weighted by Crippen LogP contribution is 2.30. The van der Waals surface area contributed by atoms with Crippen molar-refractivity contribution >= 4 is 0 Å². The quantitative estimate of drug-likeness (QED) is 0.844. The van der Waals surface area contributed by atoms with Gasteiger partial charge >= 0.3 is 6.36 Å². The molecule has 0 bridgehead atoms. The van der Waals surface area contributed by atoms with Crippen LogP contribution in [0.1, 0.15) is 45.4 Å². The molecule has 124 valence electrons. The molecule has 21 heavy (non-hydrogen) atoms. The fourth-order valence-electron chi connectivity index (χ4n) is 3.69. The molecule has 2 rings (SSSR count). The summed E-state index contributed by atoms with van der Waals surface area (Å²) in [6, 6.07) is 0.751. The monoisotopic (exact) mass is 308 g/mol. The van der Waals surface area contributed by atoms with Gasteiger partial charge in [0.15, 0.2) is 0 Å². The van der Waals surface area contributed by atoms with Crippen molar-refractivity contribution in [3.05, 3.63) is 0 Å². The first kappa shape index (κ1) is 17.0. The van der Waals surface area contributed by atoms with Crippen molar-refractivity contribution in [2.24, 2.45) is 5.92 Å². The summed E-state index contributed by atoms with van der Waals surface area (Å²) >= 11 is 0. The SMILES string of the molecule is CCC1CN(CCOC(F)(F)F)C(C2CCCCC2)CN1. The van der Waals surface area contributed by atoms with Crippen LogP contribution >= 0.6 is 0 Å². The molecule has 1 aliphatic heterocycles. The van der Waals surface area contributed by atoms with Crippen LogP contribution in [-0.2, 0) is 4.74 Å². The van der Waals surface area contributed by atoms with Gasteiger partial charge in [-0.15, -0.1) is 13.2 Å². The summed E-state index contributed by atoms with van der Waals surface area (Å²) in [6.07, 6.45) is 2.72. The number of hydrogen-bond acceptors (Lipinski definition) is 3. The van der Waals surface area contributed by atoms with E-state index in [-0.39, 0.29) is 6.61 Å². The lowest BCUT2D eigenvalue weighted by atomic mass is 9.82. The maximum Gasteiger partial charge on any atom is 0.522 e. The summed E-state index contributed by atoms with van der Waals surface area (Å²) < 4.78 is 40.4. The number of nitrogens with one attached hydrogen (secondary N) is 1. The second-order valence-electron chi connectivity index (χ2n) is 6.27. The van der Waals surface area contributed by atoms with Gasteiger partial charge in [0, 0.05) is 31.7 Å². The average Bonchev–Trinajstić information content (AvgIpc) is 2.46. The molecular formula is C15H27F3N2O. The van der Waals surface area contributed by atoms with Gasteiger partial charge in [0.2, 0.25) is 0 Å². The Morgan fingerprint density at radius 3 is 2.52 bits per heavy atom. The molecule has 0 radical (unpaired) electrons. The van der Waals surface area contributed by atoms with Gasteiger partial charge in [0.25, 0.3) is 0 Å². The van der Waals surface area contributed by atoms with E-state index >= 15 is 0 Å². The summed E-state index contributed by atoms with van der Waals surface area (Å²) in [4.78, 5) is 2.23. The molecule has 1 heterocycles. The van der Waals surface area contributed by atoms with Crippen molar-refractivity contribution in [2.75, 3.05) is 26.2 Å². The Labute approximate surface area is 125 Å². The Balaban J connectivity index is 1.89. The van der Waals surface area contributed by atoms with Crippen LogP contribution in [0.15, 0.2) is 0 Å².